The van der Waals surface area contributed by atoms with Gasteiger partial charge in [0.2, 0.25) is 5.91 Å². The third-order valence-corrected chi connectivity index (χ3v) is 1.26. The Morgan fingerprint density at radius 3 is 2.40 bits per heavy atom. The van der Waals surface area contributed by atoms with Crippen LogP contribution in [0.1, 0.15) is 0 Å². The Bertz CT molecular complexity index is 121. The Hall–Kier alpha value is -0.840. The van der Waals surface area contributed by atoms with Crippen molar-refractivity contribution >= 4 is 23.2 Å². The second-order valence-electron chi connectivity index (χ2n) is 1.61. The molecule has 0 aromatic rings. The summed E-state index contributed by atoms with van der Waals surface area (Å²) in [5.74, 6) is -0.0856. The second kappa shape index (κ2) is 4.99. The monoisotopic (exact) mass is 161 g/mol. The first kappa shape index (κ1) is 9.16. The smallest absolute Gasteiger partial charge is 0.239 e. The van der Waals surface area contributed by atoms with Gasteiger partial charge in [0, 0.05) is 14.1 Å². The largest absolute Gasteiger partial charge is 0.366 e. The van der Waals surface area contributed by atoms with E-state index in [-0.39, 0.29) is 12.5 Å². The molecule has 0 spiro atoms. The van der Waals surface area contributed by atoms with Crippen LogP contribution in [0, 0.1) is 0 Å². The molecule has 0 bridgehead atoms. The third kappa shape index (κ3) is 4.08. The van der Waals surface area contributed by atoms with Gasteiger partial charge in [-0.1, -0.05) is 0 Å². The molecule has 4 nitrogen and oxygen atoms in total. The molecule has 10 heavy (non-hydrogen) atoms. The highest BCUT2D eigenvalue weighted by atomic mass is 32.1. The minimum Gasteiger partial charge on any atom is -0.366 e. The summed E-state index contributed by atoms with van der Waals surface area (Å²) >= 11 is 4.72. The quantitative estimate of drug-likeness (QED) is 0.447. The predicted octanol–water partition coefficient (Wildman–Crippen LogP) is -1.17. The number of hydrogen-bond donors (Lipinski definition) is 3. The van der Waals surface area contributed by atoms with Gasteiger partial charge in [0.15, 0.2) is 5.11 Å². The number of carbonyl (C=O) groups is 1. The van der Waals surface area contributed by atoms with Crippen LogP contribution in [-0.2, 0) is 4.79 Å². The number of rotatable bonds is 2. The molecule has 0 aromatic heterocycles. The molecule has 1 amide bonds. The molecule has 0 radical (unpaired) electrons. The lowest BCUT2D eigenvalue weighted by molar-refractivity contribution is -0.119. The van der Waals surface area contributed by atoms with Gasteiger partial charge in [-0.2, -0.15) is 0 Å². The van der Waals surface area contributed by atoms with Gasteiger partial charge in [0.25, 0.3) is 0 Å². The van der Waals surface area contributed by atoms with Crippen molar-refractivity contribution < 1.29 is 4.79 Å². The van der Waals surface area contributed by atoms with Crippen LogP contribution in [0.2, 0.25) is 0 Å². The molecule has 5 heteroatoms. The maximum atomic E-state index is 10.6. The fourth-order valence-electron chi connectivity index (χ4n) is 0.337. The summed E-state index contributed by atoms with van der Waals surface area (Å²) in [5.41, 5.74) is 0. The van der Waals surface area contributed by atoms with E-state index in [1.807, 2.05) is 0 Å². The minimum atomic E-state index is -0.0856. The van der Waals surface area contributed by atoms with Crippen molar-refractivity contribution in [3.8, 4) is 0 Å². The van der Waals surface area contributed by atoms with Crippen molar-refractivity contribution in [2.75, 3.05) is 20.6 Å². The lowest BCUT2D eigenvalue weighted by atomic mass is 10.6. The molecule has 3 N–H and O–H groups in total. The maximum absolute atomic E-state index is 10.6. The highest BCUT2D eigenvalue weighted by molar-refractivity contribution is 7.80. The van der Waals surface area contributed by atoms with E-state index in [9.17, 15) is 4.79 Å². The van der Waals surface area contributed by atoms with Crippen molar-refractivity contribution in [1.82, 2.24) is 16.0 Å². The molecule has 0 heterocycles. The van der Waals surface area contributed by atoms with Crippen LogP contribution in [0.5, 0.6) is 0 Å². The lowest BCUT2D eigenvalue weighted by Gasteiger charge is -2.04. The summed E-state index contributed by atoms with van der Waals surface area (Å²) in [7, 11) is 3.27. The minimum absolute atomic E-state index is 0.0856. The lowest BCUT2D eigenvalue weighted by Crippen LogP contribution is -2.39. The Morgan fingerprint density at radius 2 is 2.00 bits per heavy atom. The van der Waals surface area contributed by atoms with Gasteiger partial charge >= 0.3 is 0 Å². The van der Waals surface area contributed by atoms with E-state index in [0.29, 0.717) is 5.11 Å². The van der Waals surface area contributed by atoms with Crippen LogP contribution in [0.25, 0.3) is 0 Å². The van der Waals surface area contributed by atoms with E-state index in [1.54, 1.807) is 14.1 Å². The number of thiocarbonyl (C=S) groups is 1. The zero-order valence-electron chi connectivity index (χ0n) is 6.02. The van der Waals surface area contributed by atoms with Gasteiger partial charge in [-0.3, -0.25) is 4.79 Å². The van der Waals surface area contributed by atoms with Crippen molar-refractivity contribution in [2.45, 2.75) is 0 Å². The molecular weight excluding hydrogens is 150 g/mol. The summed E-state index contributed by atoms with van der Waals surface area (Å²) in [6.07, 6.45) is 0. The van der Waals surface area contributed by atoms with Crippen molar-refractivity contribution in [1.29, 1.82) is 0 Å². The molecule has 58 valence electrons. The molecule has 0 rings (SSSR count). The highest BCUT2D eigenvalue weighted by Crippen LogP contribution is 1.63. The number of nitrogens with one attached hydrogen (secondary N) is 3. The van der Waals surface area contributed by atoms with E-state index in [1.165, 1.54) is 0 Å². The van der Waals surface area contributed by atoms with Gasteiger partial charge in [-0.25, -0.2) is 0 Å². The zero-order valence-corrected chi connectivity index (χ0v) is 6.84. The summed E-state index contributed by atoms with van der Waals surface area (Å²) in [6, 6.07) is 0. The molecule has 0 aromatic carbocycles. The van der Waals surface area contributed by atoms with E-state index in [0.717, 1.165) is 0 Å². The molecule has 0 aliphatic rings. The fourth-order valence-corrected chi connectivity index (χ4v) is 0.410. The van der Waals surface area contributed by atoms with Gasteiger partial charge < -0.3 is 16.0 Å². The molecule has 0 atom stereocenters. The Morgan fingerprint density at radius 1 is 1.40 bits per heavy atom. The second-order valence-corrected chi connectivity index (χ2v) is 2.01. The summed E-state index contributed by atoms with van der Waals surface area (Å²) < 4.78 is 0. The molecule has 0 saturated heterocycles. The molecule has 0 saturated carbocycles. The van der Waals surface area contributed by atoms with Crippen LogP contribution in [0.4, 0.5) is 0 Å². The standard InChI is InChI=1S/C5H11N3OS/c1-6-4(9)3-8-5(10)7-2/h3H2,1-2H3,(H,6,9)(H2,7,8,10). The Labute approximate surface area is 65.4 Å². The van der Waals surface area contributed by atoms with E-state index in [2.05, 4.69) is 16.0 Å². The van der Waals surface area contributed by atoms with Crippen LogP contribution in [0.15, 0.2) is 0 Å². The maximum Gasteiger partial charge on any atom is 0.239 e. The number of likely N-dealkylation sites (N-methyl/N-ethyl adjacent to an activating group) is 1. The summed E-state index contributed by atoms with van der Waals surface area (Å²) in [6.45, 7) is 0.218. The first-order chi connectivity index (χ1) is 4.70. The van der Waals surface area contributed by atoms with Crippen LogP contribution < -0.4 is 16.0 Å². The summed E-state index contributed by atoms with van der Waals surface area (Å²) in [5, 5.41) is 8.31. The van der Waals surface area contributed by atoms with E-state index >= 15 is 0 Å². The van der Waals surface area contributed by atoms with Crippen molar-refractivity contribution in [3.63, 3.8) is 0 Å². The van der Waals surface area contributed by atoms with Gasteiger partial charge in [-0.15, -0.1) is 0 Å². The van der Waals surface area contributed by atoms with Gasteiger partial charge in [0.1, 0.15) is 0 Å². The molecule has 0 fully saturated rings. The average molecular weight is 161 g/mol. The summed E-state index contributed by atoms with van der Waals surface area (Å²) in [4.78, 5) is 10.6. The van der Waals surface area contributed by atoms with Gasteiger partial charge in [0.05, 0.1) is 6.54 Å². The Balaban J connectivity index is 3.35. The Kier molecular flexibility index (Phi) is 4.57. The molecule has 0 aliphatic carbocycles. The molecule has 0 aliphatic heterocycles. The third-order valence-electron chi connectivity index (χ3n) is 0.915. The van der Waals surface area contributed by atoms with Crippen LogP contribution in [-0.4, -0.2) is 31.7 Å². The predicted molar refractivity (Wildman–Crippen MR) is 43.7 cm³/mol. The zero-order chi connectivity index (χ0) is 7.98. The first-order valence-corrected chi connectivity index (χ1v) is 3.27. The highest BCUT2D eigenvalue weighted by Gasteiger charge is 1.96. The van der Waals surface area contributed by atoms with Gasteiger partial charge in [-0.05, 0) is 12.2 Å². The fraction of sp³-hybridized carbons (Fsp3) is 0.600. The number of carbonyl (C=O) groups excluding carboxylic acids is 1. The van der Waals surface area contributed by atoms with Crippen molar-refractivity contribution in [3.05, 3.63) is 0 Å². The first-order valence-electron chi connectivity index (χ1n) is 2.87. The molecular formula is C5H11N3OS. The number of hydrogen-bond acceptors (Lipinski definition) is 2. The van der Waals surface area contributed by atoms with E-state index < -0.39 is 0 Å². The SMILES string of the molecule is CNC(=O)CNC(=S)NC. The number of amides is 1. The topological polar surface area (TPSA) is 53.2 Å². The van der Waals surface area contributed by atoms with E-state index in [4.69, 9.17) is 12.2 Å². The van der Waals surface area contributed by atoms with Crippen molar-refractivity contribution in [2.24, 2.45) is 0 Å². The van der Waals surface area contributed by atoms with Crippen LogP contribution in [0.3, 0.4) is 0 Å². The van der Waals surface area contributed by atoms with Crippen LogP contribution >= 0.6 is 12.2 Å². The average Bonchev–Trinajstić information content (AvgIpc) is 1.99. The normalized spacial score (nSPS) is 8.20. The molecule has 0 unspecified atom stereocenters.